The van der Waals surface area contributed by atoms with Crippen LogP contribution in [0.4, 0.5) is 4.39 Å². The van der Waals surface area contributed by atoms with Crippen LogP contribution in [0.5, 0.6) is 0 Å². The number of allylic oxidation sites excluding steroid dienone is 7. The molecule has 1 saturated carbocycles. The van der Waals surface area contributed by atoms with Gasteiger partial charge < -0.3 is 10.3 Å². The molecular formula is C37H40FN5. The molecular weight excluding hydrogens is 533 g/mol. The highest BCUT2D eigenvalue weighted by atomic mass is 19.1. The zero-order valence-electron chi connectivity index (χ0n) is 25.1. The van der Waals surface area contributed by atoms with E-state index in [0.29, 0.717) is 11.5 Å². The lowest BCUT2D eigenvalue weighted by Gasteiger charge is -2.23. The normalized spacial score (nSPS) is 15.7. The van der Waals surface area contributed by atoms with Crippen molar-refractivity contribution in [1.82, 2.24) is 25.5 Å². The number of hydrogen-bond acceptors (Lipinski definition) is 3. The monoisotopic (exact) mass is 573 g/mol. The number of para-hydroxylation sites is 1. The number of fused-ring (bicyclic) bond motifs is 1. The molecule has 1 aliphatic rings. The van der Waals surface area contributed by atoms with Crippen molar-refractivity contribution in [2.24, 2.45) is 5.92 Å². The van der Waals surface area contributed by atoms with Crippen molar-refractivity contribution in [3.05, 3.63) is 119 Å². The summed E-state index contributed by atoms with van der Waals surface area (Å²) in [6, 6.07) is 12.4. The average Bonchev–Trinajstić information content (AvgIpc) is 3.61. The van der Waals surface area contributed by atoms with Gasteiger partial charge in [0.1, 0.15) is 11.5 Å². The van der Waals surface area contributed by atoms with E-state index in [2.05, 4.69) is 65.4 Å². The Hall–Kier alpha value is -4.71. The van der Waals surface area contributed by atoms with Crippen molar-refractivity contribution in [3.63, 3.8) is 0 Å². The fraction of sp³-hybridized carbons (Fsp3) is 0.243. The Morgan fingerprint density at radius 3 is 2.67 bits per heavy atom. The van der Waals surface area contributed by atoms with E-state index in [1.807, 2.05) is 43.3 Å². The fourth-order valence-corrected chi connectivity index (χ4v) is 5.78. The van der Waals surface area contributed by atoms with Gasteiger partial charge in [-0.2, -0.15) is 5.10 Å². The third-order valence-electron chi connectivity index (χ3n) is 8.15. The standard InChI is InChI=1S/C37H40FN5/c1-6-28(23-31(7-2)39-25(4)21-27-13-9-8-10-14-27)24(3)19-20-33-26(5)35(43-42-33)37-40-34-18-12-17-32(36(34)41-37)29-15-11-16-30(38)22-29/h6-7,11-12,15-20,22-23,27,39,42H,2,4-5,8-10,13-14,21H2,1,3H3,(H,40,41)/b24-19+,28-6+,31-23+,33-20+. The molecule has 2 aromatic heterocycles. The SMILES string of the molecule is C=C\C(=C/C(=C\C)C(/C)=C/C=c1/[nH]nc(-c2nc3c(-c4cccc(F)c4)cccc3[nH]2)c1=C)NC(=C)CC1CCCCC1. The van der Waals surface area contributed by atoms with Gasteiger partial charge in [-0.1, -0.05) is 88.3 Å². The lowest BCUT2D eigenvalue weighted by atomic mass is 9.86. The molecule has 1 aliphatic carbocycles. The highest BCUT2D eigenvalue weighted by molar-refractivity contribution is 5.93. The molecule has 0 amide bonds. The van der Waals surface area contributed by atoms with E-state index in [-0.39, 0.29) is 5.82 Å². The summed E-state index contributed by atoms with van der Waals surface area (Å²) in [5.74, 6) is 1.05. The quantitative estimate of drug-likeness (QED) is 0.169. The van der Waals surface area contributed by atoms with Crippen molar-refractivity contribution in [1.29, 1.82) is 0 Å². The van der Waals surface area contributed by atoms with Crippen LogP contribution in [0.15, 0.2) is 102 Å². The van der Waals surface area contributed by atoms with E-state index in [4.69, 9.17) is 4.98 Å². The molecule has 0 radical (unpaired) electrons. The number of H-pyrrole nitrogens is 2. The highest BCUT2D eigenvalue weighted by Gasteiger charge is 2.15. The topological polar surface area (TPSA) is 69.4 Å². The van der Waals surface area contributed by atoms with Gasteiger partial charge >= 0.3 is 0 Å². The first-order chi connectivity index (χ1) is 20.9. The van der Waals surface area contributed by atoms with E-state index < -0.39 is 0 Å². The average molecular weight is 574 g/mol. The smallest absolute Gasteiger partial charge is 0.159 e. The molecule has 0 saturated heterocycles. The van der Waals surface area contributed by atoms with Crippen molar-refractivity contribution >= 4 is 23.7 Å². The molecule has 3 N–H and O–H groups in total. The number of rotatable bonds is 10. The number of benzene rings is 2. The van der Waals surface area contributed by atoms with E-state index in [1.165, 1.54) is 44.2 Å². The zero-order valence-corrected chi connectivity index (χ0v) is 25.1. The molecule has 0 unspecified atom stereocenters. The molecule has 6 heteroatoms. The molecule has 0 aliphatic heterocycles. The van der Waals surface area contributed by atoms with Crippen molar-refractivity contribution in [2.75, 3.05) is 0 Å². The number of imidazole rings is 1. The van der Waals surface area contributed by atoms with E-state index in [1.54, 1.807) is 6.07 Å². The second-order valence-electron chi connectivity index (χ2n) is 11.3. The van der Waals surface area contributed by atoms with E-state index >= 15 is 0 Å². The Morgan fingerprint density at radius 2 is 1.93 bits per heavy atom. The summed E-state index contributed by atoms with van der Waals surface area (Å²) >= 11 is 0. The van der Waals surface area contributed by atoms with Gasteiger partial charge in [0.25, 0.3) is 0 Å². The summed E-state index contributed by atoms with van der Waals surface area (Å²) in [6.07, 6.45) is 17.7. The number of halogens is 1. The van der Waals surface area contributed by atoms with E-state index in [9.17, 15) is 4.39 Å². The van der Waals surface area contributed by atoms with Gasteiger partial charge in [0.05, 0.1) is 16.4 Å². The number of aromatic nitrogens is 4. The summed E-state index contributed by atoms with van der Waals surface area (Å²) < 4.78 is 13.9. The fourth-order valence-electron chi connectivity index (χ4n) is 5.78. The Kier molecular flexibility index (Phi) is 9.35. The van der Waals surface area contributed by atoms with Gasteiger partial charge in [-0.3, -0.25) is 5.10 Å². The first-order valence-corrected chi connectivity index (χ1v) is 15.0. The molecule has 1 fully saturated rings. The van der Waals surface area contributed by atoms with Crippen LogP contribution in [0, 0.1) is 11.7 Å². The molecule has 4 aromatic rings. The van der Waals surface area contributed by atoms with Crippen LogP contribution < -0.4 is 15.9 Å². The number of nitrogens with one attached hydrogen (secondary N) is 3. The van der Waals surface area contributed by atoms with Gasteiger partial charge in [0, 0.05) is 22.2 Å². The van der Waals surface area contributed by atoms with Crippen LogP contribution in [0.3, 0.4) is 0 Å². The van der Waals surface area contributed by atoms with Crippen molar-refractivity contribution in [2.45, 2.75) is 52.4 Å². The van der Waals surface area contributed by atoms with Crippen molar-refractivity contribution in [3.8, 4) is 22.6 Å². The number of hydrogen-bond donors (Lipinski definition) is 3. The van der Waals surface area contributed by atoms with Crippen LogP contribution in [-0.2, 0) is 0 Å². The molecule has 43 heavy (non-hydrogen) atoms. The van der Waals surface area contributed by atoms with Crippen LogP contribution in [-0.4, -0.2) is 20.2 Å². The Bertz CT molecular complexity index is 1840. The predicted molar refractivity (Wildman–Crippen MR) is 178 cm³/mol. The minimum atomic E-state index is -0.283. The second kappa shape index (κ2) is 13.5. The van der Waals surface area contributed by atoms with Crippen molar-refractivity contribution < 1.29 is 4.39 Å². The third-order valence-corrected chi connectivity index (χ3v) is 8.15. The zero-order chi connectivity index (χ0) is 30.3. The van der Waals surface area contributed by atoms with Crippen LogP contribution >= 0.6 is 0 Å². The number of aromatic amines is 2. The summed E-state index contributed by atoms with van der Waals surface area (Å²) in [4.78, 5) is 8.19. The highest BCUT2D eigenvalue weighted by Crippen LogP contribution is 2.30. The van der Waals surface area contributed by atoms with Gasteiger partial charge in [-0.05, 0) is 79.3 Å². The largest absolute Gasteiger partial charge is 0.359 e. The first-order valence-electron chi connectivity index (χ1n) is 15.0. The lowest BCUT2D eigenvalue weighted by molar-refractivity contribution is 0.353. The molecule has 0 bridgehead atoms. The summed E-state index contributed by atoms with van der Waals surface area (Å²) in [6.45, 7) is 16.7. The van der Waals surface area contributed by atoms with Gasteiger partial charge in [0.2, 0.25) is 0 Å². The lowest BCUT2D eigenvalue weighted by Crippen LogP contribution is -2.21. The summed E-state index contributed by atoms with van der Waals surface area (Å²) in [5.41, 5.74) is 8.00. The van der Waals surface area contributed by atoms with E-state index in [0.717, 1.165) is 67.6 Å². The van der Waals surface area contributed by atoms with Gasteiger partial charge in [-0.15, -0.1) is 0 Å². The molecule has 2 heterocycles. The molecule has 220 valence electrons. The van der Waals surface area contributed by atoms with Crippen LogP contribution in [0.2, 0.25) is 0 Å². The molecule has 2 aromatic carbocycles. The molecule has 5 rings (SSSR count). The Balaban J connectivity index is 1.36. The molecule has 0 spiro atoms. The number of nitrogens with zero attached hydrogens (tertiary/aromatic N) is 2. The molecule has 5 nitrogen and oxygen atoms in total. The Morgan fingerprint density at radius 1 is 1.14 bits per heavy atom. The predicted octanol–water partition coefficient (Wildman–Crippen LogP) is 7.99. The van der Waals surface area contributed by atoms with Crippen LogP contribution in [0.1, 0.15) is 52.4 Å². The second-order valence-corrected chi connectivity index (χ2v) is 11.3. The third kappa shape index (κ3) is 7.03. The summed E-state index contributed by atoms with van der Waals surface area (Å²) in [7, 11) is 0. The minimum absolute atomic E-state index is 0.283. The Labute approximate surface area is 253 Å². The maximum atomic E-state index is 13.9. The maximum absolute atomic E-state index is 13.9. The van der Waals surface area contributed by atoms with Crippen LogP contribution in [0.25, 0.3) is 46.3 Å². The van der Waals surface area contributed by atoms with Gasteiger partial charge in [0.15, 0.2) is 5.82 Å². The van der Waals surface area contributed by atoms with Gasteiger partial charge in [-0.25, -0.2) is 9.37 Å². The maximum Gasteiger partial charge on any atom is 0.159 e. The first kappa shape index (κ1) is 29.8. The summed E-state index contributed by atoms with van der Waals surface area (Å²) in [5, 5.41) is 12.6. The molecule has 0 atom stereocenters. The minimum Gasteiger partial charge on any atom is -0.359 e.